The van der Waals surface area contributed by atoms with Gasteiger partial charge in [0.05, 0.1) is 0 Å². The number of unbranched alkanes of at least 4 members (excludes halogenated alkanes) is 2. The molecule has 1 unspecified atom stereocenters. The molecule has 0 radical (unpaired) electrons. The average Bonchev–Trinajstić information content (AvgIpc) is 2.50. The lowest BCUT2D eigenvalue weighted by molar-refractivity contribution is 0.315. The van der Waals surface area contributed by atoms with Crippen molar-refractivity contribution in [2.75, 3.05) is 18.6 Å². The van der Waals surface area contributed by atoms with Crippen LogP contribution in [0.3, 0.4) is 0 Å². The van der Waals surface area contributed by atoms with Gasteiger partial charge in [-0.1, -0.05) is 41.9 Å². The van der Waals surface area contributed by atoms with Gasteiger partial charge in [0.15, 0.2) is 0 Å². The first-order chi connectivity index (χ1) is 9.77. The summed E-state index contributed by atoms with van der Waals surface area (Å²) in [6.07, 6.45) is 6.31. The Bertz CT molecular complexity index is 384. The second-order valence-corrected chi connectivity index (χ2v) is 5.75. The Balaban J connectivity index is 2.43. The second-order valence-electron chi connectivity index (χ2n) is 4.77. The van der Waals surface area contributed by atoms with Gasteiger partial charge >= 0.3 is 0 Å². The van der Waals surface area contributed by atoms with Gasteiger partial charge in [0, 0.05) is 12.5 Å². The highest BCUT2D eigenvalue weighted by atomic mass is 32.2. The molecule has 0 aromatic heterocycles. The van der Waals surface area contributed by atoms with Crippen molar-refractivity contribution in [3.05, 3.63) is 35.9 Å². The van der Waals surface area contributed by atoms with E-state index in [1.54, 1.807) is 0 Å². The van der Waals surface area contributed by atoms with E-state index < -0.39 is 0 Å². The van der Waals surface area contributed by atoms with E-state index in [2.05, 4.69) is 28.9 Å². The molecule has 0 aliphatic carbocycles. The maximum atomic E-state index is 8.73. The van der Waals surface area contributed by atoms with Crippen LogP contribution < -0.4 is 11.1 Å². The predicted molar refractivity (Wildman–Crippen MR) is 87.4 cm³/mol. The van der Waals surface area contributed by atoms with Crippen molar-refractivity contribution in [3.8, 4) is 0 Å². The number of amidine groups is 1. The van der Waals surface area contributed by atoms with Crippen LogP contribution in [0.1, 0.15) is 37.3 Å². The van der Waals surface area contributed by atoms with Crippen LogP contribution in [-0.4, -0.2) is 29.6 Å². The summed E-state index contributed by atoms with van der Waals surface area (Å²) in [4.78, 5) is 0. The lowest BCUT2D eigenvalue weighted by Crippen LogP contribution is -2.27. The number of hydrogen-bond donors (Lipinski definition) is 3. The van der Waals surface area contributed by atoms with Crippen molar-refractivity contribution < 1.29 is 5.21 Å². The van der Waals surface area contributed by atoms with Crippen molar-refractivity contribution in [1.29, 1.82) is 0 Å². The molecule has 0 aliphatic rings. The third-order valence-corrected chi connectivity index (χ3v) is 3.86. The smallest absolute Gasteiger partial charge is 0.141 e. The standard InChI is InChI=1S/C15H25N3OS/c1-20-11-7-3-6-10-17-14(12-15(16)18-19)13-8-4-2-5-9-13/h2,4-5,8-9,14,17,19H,3,6-7,10-12H2,1H3,(H2,16,18). The predicted octanol–water partition coefficient (Wildman–Crippen LogP) is 2.99. The van der Waals surface area contributed by atoms with Gasteiger partial charge in [0.1, 0.15) is 5.84 Å². The summed E-state index contributed by atoms with van der Waals surface area (Å²) in [5.74, 6) is 1.49. The molecule has 0 aliphatic heterocycles. The molecule has 20 heavy (non-hydrogen) atoms. The van der Waals surface area contributed by atoms with Gasteiger partial charge in [-0.2, -0.15) is 11.8 Å². The number of thioether (sulfide) groups is 1. The second kappa shape index (κ2) is 10.6. The van der Waals surface area contributed by atoms with E-state index in [0.29, 0.717) is 6.42 Å². The van der Waals surface area contributed by atoms with E-state index in [4.69, 9.17) is 10.9 Å². The molecule has 1 rings (SSSR count). The van der Waals surface area contributed by atoms with Gasteiger partial charge in [-0.25, -0.2) is 0 Å². The number of benzene rings is 1. The summed E-state index contributed by atoms with van der Waals surface area (Å²) in [7, 11) is 0. The number of oxime groups is 1. The highest BCUT2D eigenvalue weighted by Crippen LogP contribution is 2.16. The molecule has 112 valence electrons. The van der Waals surface area contributed by atoms with Gasteiger partial charge in [0.2, 0.25) is 0 Å². The minimum Gasteiger partial charge on any atom is -0.409 e. The zero-order chi connectivity index (χ0) is 14.6. The largest absolute Gasteiger partial charge is 0.409 e. The molecule has 4 nitrogen and oxygen atoms in total. The number of hydrogen-bond acceptors (Lipinski definition) is 4. The van der Waals surface area contributed by atoms with Crippen LogP contribution in [-0.2, 0) is 0 Å². The fourth-order valence-corrected chi connectivity index (χ4v) is 2.56. The molecular formula is C15H25N3OS. The lowest BCUT2D eigenvalue weighted by atomic mass is 10.0. The van der Waals surface area contributed by atoms with Gasteiger partial charge < -0.3 is 16.3 Å². The lowest BCUT2D eigenvalue weighted by Gasteiger charge is -2.18. The van der Waals surface area contributed by atoms with Gasteiger partial charge in [-0.15, -0.1) is 0 Å². The molecule has 0 bridgehead atoms. The van der Waals surface area contributed by atoms with E-state index in [1.807, 2.05) is 30.0 Å². The molecule has 0 saturated carbocycles. The molecule has 5 heteroatoms. The zero-order valence-electron chi connectivity index (χ0n) is 12.1. The molecule has 0 fully saturated rings. The van der Waals surface area contributed by atoms with Crippen molar-refractivity contribution in [3.63, 3.8) is 0 Å². The first-order valence-electron chi connectivity index (χ1n) is 7.01. The Morgan fingerprint density at radius 1 is 1.30 bits per heavy atom. The van der Waals surface area contributed by atoms with Crippen LogP contribution in [0.25, 0.3) is 0 Å². The monoisotopic (exact) mass is 295 g/mol. The number of nitrogens with two attached hydrogens (primary N) is 1. The van der Waals surface area contributed by atoms with E-state index in [1.165, 1.54) is 24.2 Å². The Kier molecular flexibility index (Phi) is 8.91. The molecule has 1 atom stereocenters. The van der Waals surface area contributed by atoms with E-state index in [-0.39, 0.29) is 11.9 Å². The van der Waals surface area contributed by atoms with Crippen molar-refractivity contribution >= 4 is 17.6 Å². The van der Waals surface area contributed by atoms with E-state index in [9.17, 15) is 0 Å². The van der Waals surface area contributed by atoms with Crippen molar-refractivity contribution in [1.82, 2.24) is 5.32 Å². The van der Waals surface area contributed by atoms with E-state index >= 15 is 0 Å². The van der Waals surface area contributed by atoms with Crippen LogP contribution in [0, 0.1) is 0 Å². The summed E-state index contributed by atoms with van der Waals surface area (Å²) in [5, 5.41) is 15.3. The Labute approximate surface area is 125 Å². The fourth-order valence-electron chi connectivity index (χ4n) is 2.07. The van der Waals surface area contributed by atoms with E-state index in [0.717, 1.165) is 13.0 Å². The molecule has 1 aromatic rings. The van der Waals surface area contributed by atoms with Crippen LogP contribution >= 0.6 is 11.8 Å². The zero-order valence-corrected chi connectivity index (χ0v) is 12.9. The average molecular weight is 295 g/mol. The summed E-state index contributed by atoms with van der Waals surface area (Å²) in [6, 6.07) is 10.2. The molecule has 0 spiro atoms. The quantitative estimate of drug-likeness (QED) is 0.204. The highest BCUT2D eigenvalue weighted by molar-refractivity contribution is 7.98. The Hall–Kier alpha value is -1.20. The van der Waals surface area contributed by atoms with Crippen LogP contribution in [0.15, 0.2) is 35.5 Å². The first-order valence-corrected chi connectivity index (χ1v) is 8.41. The number of rotatable bonds is 10. The number of nitrogens with one attached hydrogen (secondary N) is 1. The third kappa shape index (κ3) is 6.82. The first kappa shape index (κ1) is 16.9. The summed E-state index contributed by atoms with van der Waals surface area (Å²) >= 11 is 1.89. The maximum Gasteiger partial charge on any atom is 0.141 e. The topological polar surface area (TPSA) is 70.6 Å². The molecule has 1 aromatic carbocycles. The Morgan fingerprint density at radius 3 is 2.70 bits per heavy atom. The Morgan fingerprint density at radius 2 is 2.05 bits per heavy atom. The summed E-state index contributed by atoms with van der Waals surface area (Å²) < 4.78 is 0. The minimum atomic E-state index is 0.104. The SMILES string of the molecule is CSCCCCCNC(C/C(N)=N/O)c1ccccc1. The van der Waals surface area contributed by atoms with Crippen molar-refractivity contribution in [2.45, 2.75) is 31.7 Å². The summed E-state index contributed by atoms with van der Waals surface area (Å²) in [6.45, 7) is 0.951. The van der Waals surface area contributed by atoms with Crippen LogP contribution in [0.2, 0.25) is 0 Å². The van der Waals surface area contributed by atoms with Gasteiger partial charge in [-0.3, -0.25) is 0 Å². The molecule has 4 N–H and O–H groups in total. The van der Waals surface area contributed by atoms with Crippen LogP contribution in [0.5, 0.6) is 0 Å². The molecule has 0 saturated heterocycles. The normalized spacial score (nSPS) is 13.3. The molecule has 0 heterocycles. The number of nitrogens with zero attached hydrogens (tertiary/aromatic N) is 1. The van der Waals surface area contributed by atoms with Crippen molar-refractivity contribution in [2.24, 2.45) is 10.9 Å². The highest BCUT2D eigenvalue weighted by Gasteiger charge is 2.12. The summed E-state index contributed by atoms with van der Waals surface area (Å²) in [5.41, 5.74) is 6.81. The fraction of sp³-hybridized carbons (Fsp3) is 0.533. The van der Waals surface area contributed by atoms with Gasteiger partial charge in [0.25, 0.3) is 0 Å². The third-order valence-electron chi connectivity index (χ3n) is 3.16. The van der Waals surface area contributed by atoms with Gasteiger partial charge in [-0.05, 0) is 37.0 Å². The minimum absolute atomic E-state index is 0.104. The maximum absolute atomic E-state index is 8.73. The molecular weight excluding hydrogens is 270 g/mol. The van der Waals surface area contributed by atoms with Crippen LogP contribution in [0.4, 0.5) is 0 Å². The molecule has 0 amide bonds.